The van der Waals surface area contributed by atoms with E-state index >= 15 is 0 Å². The Morgan fingerprint density at radius 1 is 1.15 bits per heavy atom. The van der Waals surface area contributed by atoms with Crippen LogP contribution in [0.2, 0.25) is 0 Å². The fourth-order valence-electron chi connectivity index (χ4n) is 2.60. The third kappa shape index (κ3) is 3.97. The largest absolute Gasteiger partial charge is 0.373 e. The molecule has 0 saturated carbocycles. The first-order chi connectivity index (χ1) is 9.68. The molecule has 1 amide bonds. The van der Waals surface area contributed by atoms with Gasteiger partial charge in [0.2, 0.25) is 5.91 Å². The van der Waals surface area contributed by atoms with E-state index in [-0.39, 0.29) is 5.92 Å². The Bertz CT molecular complexity index is 415. The van der Waals surface area contributed by atoms with Gasteiger partial charge in [0.1, 0.15) is 0 Å². The number of rotatable bonds is 5. The standard InChI is InChI=1S/C16H25N3O/c1-18(15-6-4-3-5-7-15)12-13-19(2)16(20)14-8-10-17-11-9-14/h3-7,14,17H,8-13H2,1-2H3. The molecule has 0 aliphatic carbocycles. The lowest BCUT2D eigenvalue weighted by atomic mass is 9.97. The first-order valence-electron chi connectivity index (χ1n) is 7.40. The summed E-state index contributed by atoms with van der Waals surface area (Å²) in [6.07, 6.45) is 1.94. The summed E-state index contributed by atoms with van der Waals surface area (Å²) >= 11 is 0. The maximum Gasteiger partial charge on any atom is 0.225 e. The van der Waals surface area contributed by atoms with E-state index < -0.39 is 0 Å². The fourth-order valence-corrected chi connectivity index (χ4v) is 2.60. The van der Waals surface area contributed by atoms with Crippen LogP contribution in [0.4, 0.5) is 5.69 Å². The number of piperidine rings is 1. The molecule has 1 aromatic rings. The quantitative estimate of drug-likeness (QED) is 0.886. The summed E-state index contributed by atoms with van der Waals surface area (Å²) in [5, 5.41) is 3.30. The zero-order chi connectivity index (χ0) is 14.4. The number of nitrogens with one attached hydrogen (secondary N) is 1. The van der Waals surface area contributed by atoms with Gasteiger partial charge >= 0.3 is 0 Å². The molecule has 1 saturated heterocycles. The molecule has 0 radical (unpaired) electrons. The third-order valence-electron chi connectivity index (χ3n) is 4.03. The van der Waals surface area contributed by atoms with Crippen LogP contribution in [0.25, 0.3) is 0 Å². The Kier molecular flexibility index (Phi) is 5.41. The van der Waals surface area contributed by atoms with Crippen LogP contribution in [0.1, 0.15) is 12.8 Å². The Morgan fingerprint density at radius 2 is 1.80 bits per heavy atom. The van der Waals surface area contributed by atoms with Crippen LogP contribution in [0.3, 0.4) is 0 Å². The van der Waals surface area contributed by atoms with Crippen LogP contribution in [0, 0.1) is 5.92 Å². The van der Waals surface area contributed by atoms with Crippen molar-refractivity contribution >= 4 is 11.6 Å². The lowest BCUT2D eigenvalue weighted by molar-refractivity contribution is -0.134. The molecule has 110 valence electrons. The molecule has 1 fully saturated rings. The van der Waals surface area contributed by atoms with E-state index in [1.54, 1.807) is 0 Å². The molecule has 1 aliphatic heterocycles. The van der Waals surface area contributed by atoms with Gasteiger partial charge < -0.3 is 15.1 Å². The summed E-state index contributed by atoms with van der Waals surface area (Å²) in [7, 11) is 3.99. The number of para-hydroxylation sites is 1. The minimum atomic E-state index is 0.211. The lowest BCUT2D eigenvalue weighted by Crippen LogP contribution is -2.41. The lowest BCUT2D eigenvalue weighted by Gasteiger charge is -2.28. The highest BCUT2D eigenvalue weighted by atomic mass is 16.2. The van der Waals surface area contributed by atoms with Crippen molar-refractivity contribution in [1.82, 2.24) is 10.2 Å². The van der Waals surface area contributed by atoms with Crippen LogP contribution in [0.15, 0.2) is 30.3 Å². The average Bonchev–Trinajstić information content (AvgIpc) is 2.53. The Morgan fingerprint density at radius 3 is 2.45 bits per heavy atom. The number of carbonyl (C=O) groups excluding carboxylic acids is 1. The molecular formula is C16H25N3O. The van der Waals surface area contributed by atoms with Crippen molar-refractivity contribution in [3.8, 4) is 0 Å². The van der Waals surface area contributed by atoms with Crippen LogP contribution < -0.4 is 10.2 Å². The normalized spacial score (nSPS) is 15.9. The summed E-state index contributed by atoms with van der Waals surface area (Å²) < 4.78 is 0. The first kappa shape index (κ1) is 14.9. The molecule has 0 unspecified atom stereocenters. The first-order valence-corrected chi connectivity index (χ1v) is 7.40. The van der Waals surface area contributed by atoms with Crippen molar-refractivity contribution in [1.29, 1.82) is 0 Å². The Hall–Kier alpha value is -1.55. The molecule has 0 atom stereocenters. The topological polar surface area (TPSA) is 35.6 Å². The van der Waals surface area contributed by atoms with Gasteiger partial charge in [0.25, 0.3) is 0 Å². The van der Waals surface area contributed by atoms with Crippen molar-refractivity contribution in [2.75, 3.05) is 45.2 Å². The van der Waals surface area contributed by atoms with E-state index in [2.05, 4.69) is 29.4 Å². The number of carbonyl (C=O) groups is 1. The molecule has 1 heterocycles. The van der Waals surface area contributed by atoms with E-state index in [9.17, 15) is 4.79 Å². The average molecular weight is 275 g/mol. The van der Waals surface area contributed by atoms with E-state index in [0.29, 0.717) is 5.91 Å². The van der Waals surface area contributed by atoms with Crippen LogP contribution in [0.5, 0.6) is 0 Å². The summed E-state index contributed by atoms with van der Waals surface area (Å²) in [6.45, 7) is 3.56. The van der Waals surface area contributed by atoms with Crippen LogP contribution in [-0.2, 0) is 4.79 Å². The van der Waals surface area contributed by atoms with E-state index in [4.69, 9.17) is 0 Å². The summed E-state index contributed by atoms with van der Waals surface area (Å²) in [4.78, 5) is 16.4. The minimum Gasteiger partial charge on any atom is -0.373 e. The number of hydrogen-bond acceptors (Lipinski definition) is 3. The Labute approximate surface area is 121 Å². The monoisotopic (exact) mass is 275 g/mol. The fraction of sp³-hybridized carbons (Fsp3) is 0.562. The van der Waals surface area contributed by atoms with Crippen molar-refractivity contribution in [3.63, 3.8) is 0 Å². The molecule has 4 nitrogen and oxygen atoms in total. The van der Waals surface area contributed by atoms with Gasteiger partial charge in [-0.2, -0.15) is 0 Å². The second-order valence-corrected chi connectivity index (χ2v) is 5.54. The number of anilines is 1. The number of amides is 1. The van der Waals surface area contributed by atoms with Gasteiger partial charge in [-0.25, -0.2) is 0 Å². The maximum absolute atomic E-state index is 12.3. The smallest absolute Gasteiger partial charge is 0.225 e. The molecule has 2 rings (SSSR count). The van der Waals surface area contributed by atoms with Crippen molar-refractivity contribution in [2.24, 2.45) is 5.92 Å². The number of nitrogens with zero attached hydrogens (tertiary/aromatic N) is 2. The van der Waals surface area contributed by atoms with Gasteiger partial charge in [0, 0.05) is 38.8 Å². The summed E-state index contributed by atoms with van der Waals surface area (Å²) in [5.74, 6) is 0.510. The third-order valence-corrected chi connectivity index (χ3v) is 4.03. The van der Waals surface area contributed by atoms with Gasteiger partial charge in [0.05, 0.1) is 0 Å². The van der Waals surface area contributed by atoms with E-state index in [1.807, 2.05) is 30.1 Å². The number of likely N-dealkylation sites (N-methyl/N-ethyl adjacent to an activating group) is 2. The van der Waals surface area contributed by atoms with Gasteiger partial charge in [-0.15, -0.1) is 0 Å². The zero-order valence-electron chi connectivity index (χ0n) is 12.5. The molecule has 4 heteroatoms. The molecule has 0 spiro atoms. The second-order valence-electron chi connectivity index (χ2n) is 5.54. The second kappa shape index (κ2) is 7.29. The van der Waals surface area contributed by atoms with Crippen molar-refractivity contribution in [2.45, 2.75) is 12.8 Å². The van der Waals surface area contributed by atoms with Gasteiger partial charge in [-0.05, 0) is 38.1 Å². The molecule has 20 heavy (non-hydrogen) atoms. The van der Waals surface area contributed by atoms with E-state index in [1.165, 1.54) is 5.69 Å². The maximum atomic E-state index is 12.3. The van der Waals surface area contributed by atoms with E-state index in [0.717, 1.165) is 39.0 Å². The van der Waals surface area contributed by atoms with Crippen LogP contribution >= 0.6 is 0 Å². The molecule has 1 aliphatic rings. The number of hydrogen-bond donors (Lipinski definition) is 1. The molecule has 1 N–H and O–H groups in total. The van der Waals surface area contributed by atoms with Crippen molar-refractivity contribution < 1.29 is 4.79 Å². The molecular weight excluding hydrogens is 250 g/mol. The highest BCUT2D eigenvalue weighted by molar-refractivity contribution is 5.78. The van der Waals surface area contributed by atoms with Crippen molar-refractivity contribution in [3.05, 3.63) is 30.3 Å². The highest BCUT2D eigenvalue weighted by Gasteiger charge is 2.23. The molecule has 1 aromatic carbocycles. The predicted octanol–water partition coefficient (Wildman–Crippen LogP) is 1.58. The van der Waals surface area contributed by atoms with Crippen LogP contribution in [-0.4, -0.2) is 51.1 Å². The van der Waals surface area contributed by atoms with Gasteiger partial charge in [-0.3, -0.25) is 4.79 Å². The Balaban J connectivity index is 1.79. The van der Waals surface area contributed by atoms with Gasteiger partial charge in [0.15, 0.2) is 0 Å². The summed E-state index contributed by atoms with van der Waals surface area (Å²) in [5.41, 5.74) is 1.19. The molecule has 0 bridgehead atoms. The number of benzene rings is 1. The summed E-state index contributed by atoms with van der Waals surface area (Å²) in [6, 6.07) is 10.3. The SMILES string of the molecule is CN(CCN(C)c1ccccc1)C(=O)C1CCNCC1. The highest BCUT2D eigenvalue weighted by Crippen LogP contribution is 2.15. The van der Waals surface area contributed by atoms with Gasteiger partial charge in [-0.1, -0.05) is 18.2 Å². The minimum absolute atomic E-state index is 0.211. The predicted molar refractivity (Wildman–Crippen MR) is 82.9 cm³/mol. The zero-order valence-corrected chi connectivity index (χ0v) is 12.5. The molecule has 0 aromatic heterocycles.